The Morgan fingerprint density at radius 3 is 2.56 bits per heavy atom. The fourth-order valence-corrected chi connectivity index (χ4v) is 4.06. The molecule has 0 radical (unpaired) electrons. The average molecular weight is 433 g/mol. The van der Waals surface area contributed by atoms with Gasteiger partial charge in [0.05, 0.1) is 13.2 Å². The van der Waals surface area contributed by atoms with Crippen molar-refractivity contribution in [2.24, 2.45) is 5.92 Å². The van der Waals surface area contributed by atoms with E-state index in [0.29, 0.717) is 0 Å². The maximum absolute atomic E-state index is 5.52. The van der Waals surface area contributed by atoms with E-state index in [1.807, 2.05) is 0 Å². The molecule has 2 aliphatic rings. The zero-order valence-electron chi connectivity index (χ0n) is 15.2. The summed E-state index contributed by atoms with van der Waals surface area (Å²) in [7, 11) is 0. The van der Waals surface area contributed by atoms with Gasteiger partial charge in [0.25, 0.3) is 0 Å². The molecule has 6 heteroatoms. The summed E-state index contributed by atoms with van der Waals surface area (Å²) in [4.78, 5) is 5.09. The Morgan fingerprint density at radius 2 is 1.88 bits per heavy atom. The molecule has 0 bridgehead atoms. The van der Waals surface area contributed by atoms with E-state index in [1.54, 1.807) is 0 Å². The third-order valence-electron chi connectivity index (χ3n) is 5.18. The number of likely N-dealkylation sites (tertiary alicyclic amines) is 1. The topological polar surface area (TPSA) is 27.7 Å². The summed E-state index contributed by atoms with van der Waals surface area (Å²) >= 11 is 3.64. The van der Waals surface area contributed by atoms with Crippen molar-refractivity contribution < 1.29 is 4.74 Å². The van der Waals surface area contributed by atoms with Crippen LogP contribution in [0.15, 0.2) is 22.7 Å². The number of piperidine rings is 1. The number of nitrogens with one attached hydrogen (secondary N) is 1. The van der Waals surface area contributed by atoms with E-state index in [1.165, 1.54) is 43.7 Å². The number of nitrogens with zero attached hydrogens (tertiary/aromatic N) is 2. The van der Waals surface area contributed by atoms with Gasteiger partial charge in [-0.1, -0.05) is 28.9 Å². The molecule has 0 spiro atoms. The molecule has 2 saturated heterocycles. The molecular weight excluding hydrogens is 402 g/mol. The first-order valence-electron chi connectivity index (χ1n) is 9.30. The highest BCUT2D eigenvalue weighted by atomic mass is 79.9. The van der Waals surface area contributed by atoms with Gasteiger partial charge in [0.1, 0.15) is 0 Å². The van der Waals surface area contributed by atoms with Crippen molar-refractivity contribution in [3.63, 3.8) is 0 Å². The molecule has 25 heavy (non-hydrogen) atoms. The second-order valence-electron chi connectivity index (χ2n) is 6.90. The van der Waals surface area contributed by atoms with Crippen molar-refractivity contribution in [3.8, 4) is 0 Å². The quantitative estimate of drug-likeness (QED) is 0.744. The van der Waals surface area contributed by atoms with E-state index in [0.717, 1.165) is 49.8 Å². The van der Waals surface area contributed by atoms with Crippen molar-refractivity contribution in [1.29, 1.82) is 0 Å². The van der Waals surface area contributed by atoms with Crippen molar-refractivity contribution in [2.45, 2.75) is 26.3 Å². The second-order valence-corrected chi connectivity index (χ2v) is 7.82. The van der Waals surface area contributed by atoms with Crippen LogP contribution in [0.1, 0.15) is 25.3 Å². The fourth-order valence-electron chi connectivity index (χ4n) is 3.71. The van der Waals surface area contributed by atoms with Crippen LogP contribution in [0.3, 0.4) is 0 Å². The molecule has 4 nitrogen and oxygen atoms in total. The number of halogens is 2. The lowest BCUT2D eigenvalue weighted by Crippen LogP contribution is -2.39. The van der Waals surface area contributed by atoms with Crippen LogP contribution in [-0.2, 0) is 11.3 Å². The molecule has 1 aromatic carbocycles. The van der Waals surface area contributed by atoms with Gasteiger partial charge >= 0.3 is 0 Å². The monoisotopic (exact) mass is 431 g/mol. The number of morpholine rings is 1. The number of ether oxygens (including phenoxy) is 1. The van der Waals surface area contributed by atoms with E-state index in [-0.39, 0.29) is 12.4 Å². The van der Waals surface area contributed by atoms with Gasteiger partial charge in [-0.25, -0.2) is 0 Å². The number of hydrogen-bond acceptors (Lipinski definition) is 4. The lowest BCUT2D eigenvalue weighted by atomic mass is 9.96. The molecule has 0 unspecified atom stereocenters. The zero-order valence-corrected chi connectivity index (χ0v) is 17.6. The van der Waals surface area contributed by atoms with Gasteiger partial charge in [-0.2, -0.15) is 0 Å². The van der Waals surface area contributed by atoms with E-state index in [9.17, 15) is 0 Å². The predicted octanol–water partition coefficient (Wildman–Crippen LogP) is 3.53. The average Bonchev–Trinajstić information content (AvgIpc) is 2.63. The lowest BCUT2D eigenvalue weighted by molar-refractivity contribution is 0.122. The predicted molar refractivity (Wildman–Crippen MR) is 111 cm³/mol. The minimum absolute atomic E-state index is 0. The minimum Gasteiger partial charge on any atom is -0.378 e. The third-order valence-corrected chi connectivity index (χ3v) is 5.68. The van der Waals surface area contributed by atoms with Crippen LogP contribution in [0, 0.1) is 5.92 Å². The van der Waals surface area contributed by atoms with Crippen LogP contribution in [-0.4, -0.2) is 57.4 Å². The van der Waals surface area contributed by atoms with Gasteiger partial charge in [-0.15, -0.1) is 12.4 Å². The van der Waals surface area contributed by atoms with Crippen molar-refractivity contribution in [1.82, 2.24) is 10.2 Å². The number of benzene rings is 1. The maximum atomic E-state index is 5.52. The molecule has 0 amide bonds. The minimum atomic E-state index is 0. The smallest absolute Gasteiger partial charge is 0.0642 e. The first-order chi connectivity index (χ1) is 11.8. The summed E-state index contributed by atoms with van der Waals surface area (Å²) in [6, 6.07) is 6.75. The first kappa shape index (κ1) is 21.0. The van der Waals surface area contributed by atoms with Crippen LogP contribution >= 0.6 is 28.3 Å². The van der Waals surface area contributed by atoms with Gasteiger partial charge in [0, 0.05) is 29.8 Å². The molecule has 2 aliphatic heterocycles. The Morgan fingerprint density at radius 1 is 1.16 bits per heavy atom. The van der Waals surface area contributed by atoms with Crippen LogP contribution in [0.4, 0.5) is 5.69 Å². The summed E-state index contributed by atoms with van der Waals surface area (Å²) in [5, 5.41) is 3.50. The van der Waals surface area contributed by atoms with Gasteiger partial charge in [0.15, 0.2) is 0 Å². The molecule has 0 aliphatic carbocycles. The van der Waals surface area contributed by atoms with Crippen LogP contribution in [0.2, 0.25) is 0 Å². The molecule has 2 heterocycles. The number of hydrogen-bond donors (Lipinski definition) is 1. The van der Waals surface area contributed by atoms with E-state index < -0.39 is 0 Å². The number of rotatable bonds is 6. The fraction of sp³-hybridized carbons (Fsp3) is 0.684. The first-order valence-corrected chi connectivity index (χ1v) is 10.1. The van der Waals surface area contributed by atoms with E-state index >= 15 is 0 Å². The molecule has 142 valence electrons. The summed E-state index contributed by atoms with van der Waals surface area (Å²) in [5.41, 5.74) is 2.83. The summed E-state index contributed by atoms with van der Waals surface area (Å²) < 4.78 is 6.68. The highest BCUT2D eigenvalue weighted by Gasteiger charge is 2.21. The number of anilines is 1. The molecule has 0 saturated carbocycles. The molecular formula is C19H31BrClN3O. The zero-order chi connectivity index (χ0) is 16.8. The highest BCUT2D eigenvalue weighted by molar-refractivity contribution is 9.10. The SMILES string of the molecule is CCNCC1CCN(Cc2ccc(Br)cc2N2CCOCC2)CC1.Cl. The lowest BCUT2D eigenvalue weighted by Gasteiger charge is -2.35. The Bertz CT molecular complexity index is 517. The largest absolute Gasteiger partial charge is 0.378 e. The second kappa shape index (κ2) is 10.7. The van der Waals surface area contributed by atoms with Gasteiger partial charge in [-0.3, -0.25) is 4.90 Å². The Labute approximate surface area is 166 Å². The normalized spacial score (nSPS) is 19.7. The van der Waals surface area contributed by atoms with Crippen LogP contribution < -0.4 is 10.2 Å². The van der Waals surface area contributed by atoms with E-state index in [2.05, 4.69) is 56.2 Å². The Kier molecular flexibility index (Phi) is 9.00. The van der Waals surface area contributed by atoms with Crippen LogP contribution in [0.25, 0.3) is 0 Å². The van der Waals surface area contributed by atoms with Gasteiger partial charge in [0.2, 0.25) is 0 Å². The molecule has 0 atom stereocenters. The molecule has 1 N–H and O–H groups in total. The summed E-state index contributed by atoms with van der Waals surface area (Å²) in [5.74, 6) is 0.852. The van der Waals surface area contributed by atoms with Crippen molar-refractivity contribution in [2.75, 3.05) is 57.4 Å². The summed E-state index contributed by atoms with van der Waals surface area (Å²) in [6.45, 7) is 11.6. The molecule has 2 fully saturated rings. The maximum Gasteiger partial charge on any atom is 0.0642 e. The van der Waals surface area contributed by atoms with Crippen molar-refractivity contribution >= 4 is 34.0 Å². The van der Waals surface area contributed by atoms with Gasteiger partial charge in [-0.05, 0) is 62.6 Å². The van der Waals surface area contributed by atoms with Gasteiger partial charge < -0.3 is 15.0 Å². The molecule has 0 aromatic heterocycles. The van der Waals surface area contributed by atoms with Crippen molar-refractivity contribution in [3.05, 3.63) is 28.2 Å². The summed E-state index contributed by atoms with van der Waals surface area (Å²) in [6.07, 6.45) is 2.63. The molecule has 1 aromatic rings. The Hall–Kier alpha value is -0.330. The third kappa shape index (κ3) is 6.10. The highest BCUT2D eigenvalue weighted by Crippen LogP contribution is 2.28. The molecule has 3 rings (SSSR count). The van der Waals surface area contributed by atoms with E-state index in [4.69, 9.17) is 4.74 Å². The standard InChI is InChI=1S/C19H30BrN3O.ClH/c1-2-21-14-16-5-7-22(8-6-16)15-17-3-4-18(20)13-19(17)23-9-11-24-12-10-23;/h3-4,13,16,21H,2,5-12,14-15H2,1H3;1H. The Balaban J connectivity index is 0.00000225. The van der Waals surface area contributed by atoms with Crippen LogP contribution in [0.5, 0.6) is 0 Å².